The van der Waals surface area contributed by atoms with Crippen LogP contribution < -0.4 is 5.32 Å². The summed E-state index contributed by atoms with van der Waals surface area (Å²) in [6.45, 7) is 0.196. The topological polar surface area (TPSA) is 135 Å². The number of carbonyl (C=O) groups excluding carboxylic acids is 3. The van der Waals surface area contributed by atoms with Crippen LogP contribution in [0.4, 0.5) is 4.79 Å². The molecule has 0 bridgehead atoms. The summed E-state index contributed by atoms with van der Waals surface area (Å²) >= 11 is 1.64. The van der Waals surface area contributed by atoms with E-state index in [1.54, 1.807) is 11.8 Å². The van der Waals surface area contributed by atoms with Crippen molar-refractivity contribution in [2.24, 2.45) is 0 Å². The molecular formula is C39H40N2O8S. The maximum atomic E-state index is 13.3. The highest BCUT2D eigenvalue weighted by Crippen LogP contribution is 2.39. The first-order valence-electron chi connectivity index (χ1n) is 16.6. The van der Waals surface area contributed by atoms with Crippen molar-refractivity contribution in [3.63, 3.8) is 0 Å². The monoisotopic (exact) mass is 696 g/mol. The molecule has 6 rings (SSSR count). The molecular weight excluding hydrogens is 657 g/mol. The first kappa shape index (κ1) is 35.3. The predicted octanol–water partition coefficient (Wildman–Crippen LogP) is 5.67. The van der Waals surface area contributed by atoms with Crippen molar-refractivity contribution in [2.75, 3.05) is 18.1 Å². The van der Waals surface area contributed by atoms with Gasteiger partial charge in [-0.15, -0.1) is 0 Å². The van der Waals surface area contributed by atoms with E-state index >= 15 is 0 Å². The number of thioether (sulfide) groups is 1. The van der Waals surface area contributed by atoms with Gasteiger partial charge < -0.3 is 29.7 Å². The van der Waals surface area contributed by atoms with E-state index in [0.29, 0.717) is 12.2 Å². The second kappa shape index (κ2) is 16.9. The molecule has 2 fully saturated rings. The number of amides is 3. The molecule has 50 heavy (non-hydrogen) atoms. The van der Waals surface area contributed by atoms with Gasteiger partial charge in [0.1, 0.15) is 12.6 Å². The van der Waals surface area contributed by atoms with Crippen LogP contribution in [0.25, 0.3) is 11.1 Å². The van der Waals surface area contributed by atoms with Crippen LogP contribution in [0.15, 0.2) is 103 Å². The zero-order valence-electron chi connectivity index (χ0n) is 27.5. The number of ether oxygens (including phenoxy) is 3. The van der Waals surface area contributed by atoms with Gasteiger partial charge in [0.05, 0.1) is 38.4 Å². The van der Waals surface area contributed by atoms with Crippen LogP contribution in [0.5, 0.6) is 0 Å². The highest BCUT2D eigenvalue weighted by Gasteiger charge is 2.40. The van der Waals surface area contributed by atoms with E-state index in [-0.39, 0.29) is 50.9 Å². The average Bonchev–Trinajstić information content (AvgIpc) is 3.41. The molecule has 3 N–H and O–H groups in total. The molecule has 0 radical (unpaired) electrons. The molecule has 2 aliphatic heterocycles. The number of likely N-dealkylation sites (tertiary alicyclic amines) is 1. The van der Waals surface area contributed by atoms with Gasteiger partial charge in [-0.25, -0.2) is 4.79 Å². The van der Waals surface area contributed by atoms with Crippen LogP contribution in [-0.4, -0.2) is 63.3 Å². The molecule has 3 amide bonds. The Morgan fingerprint density at radius 3 is 2.32 bits per heavy atom. The molecule has 4 aromatic carbocycles. The third-order valence-corrected chi connectivity index (χ3v) is 9.82. The van der Waals surface area contributed by atoms with Crippen LogP contribution in [0.3, 0.4) is 0 Å². The Balaban J connectivity index is 1.12. The van der Waals surface area contributed by atoms with Gasteiger partial charge in [-0.2, -0.15) is 11.8 Å². The van der Waals surface area contributed by atoms with Gasteiger partial charge in [-0.3, -0.25) is 14.5 Å². The summed E-state index contributed by atoms with van der Waals surface area (Å²) in [4.78, 5) is 39.8. The Hall–Kier alpha value is -4.52. The minimum Gasteiger partial charge on any atom is -0.445 e. The van der Waals surface area contributed by atoms with E-state index in [2.05, 4.69) is 5.32 Å². The number of nitrogens with zero attached hydrogens (tertiary/aromatic N) is 1. The summed E-state index contributed by atoms with van der Waals surface area (Å²) in [5, 5.41) is 21.3. The zero-order chi connectivity index (χ0) is 34.9. The molecule has 0 saturated carbocycles. The minimum atomic E-state index is -0.991. The van der Waals surface area contributed by atoms with Gasteiger partial charge >= 0.3 is 6.09 Å². The van der Waals surface area contributed by atoms with Crippen LogP contribution in [0, 0.1) is 0 Å². The lowest BCUT2D eigenvalue weighted by atomic mass is 9.97. The number of aliphatic hydroxyl groups is 2. The first-order valence-corrected chi connectivity index (χ1v) is 17.8. The summed E-state index contributed by atoms with van der Waals surface area (Å²) in [5.74, 6) is 0.502. The number of aliphatic hydroxyl groups excluding tert-OH is 2. The molecule has 11 heteroatoms. The fourth-order valence-corrected chi connectivity index (χ4v) is 6.87. The van der Waals surface area contributed by atoms with Crippen molar-refractivity contribution >= 4 is 29.7 Å². The van der Waals surface area contributed by atoms with Crippen LogP contribution in [-0.2, 0) is 43.6 Å². The standard InChI is InChI=1S/C39H40N2O8S/c42-18-19-50-25-32-20-35(29-12-10-26(23-43)11-13-29)49-38(48-32)30-16-14-28(15-17-30)33-9-5-4-8-31(33)22-41-36(44)21-34(37(41)45)40-39(46)47-24-27-6-2-1-3-7-27/h1-17,32,34-35,38,42-43H,18-25H2,(H,40,46)/t32-,34?,35+,38+/m0/s1. The predicted molar refractivity (Wildman–Crippen MR) is 188 cm³/mol. The molecule has 2 aliphatic rings. The fraction of sp³-hybridized carbons (Fsp3) is 0.308. The van der Waals surface area contributed by atoms with Crippen molar-refractivity contribution in [2.45, 2.75) is 57.1 Å². The van der Waals surface area contributed by atoms with E-state index < -0.39 is 24.3 Å². The van der Waals surface area contributed by atoms with Crippen molar-refractivity contribution in [1.29, 1.82) is 0 Å². The lowest BCUT2D eigenvalue weighted by Gasteiger charge is -2.36. The zero-order valence-corrected chi connectivity index (χ0v) is 28.3. The normalized spacial score (nSPS) is 20.6. The number of benzene rings is 4. The molecule has 1 unspecified atom stereocenters. The summed E-state index contributed by atoms with van der Waals surface area (Å²) in [7, 11) is 0. The maximum Gasteiger partial charge on any atom is 0.408 e. The van der Waals surface area contributed by atoms with Gasteiger partial charge in [-0.1, -0.05) is 103 Å². The molecule has 0 spiro atoms. The number of rotatable bonds is 13. The molecule has 2 heterocycles. The number of alkyl carbamates (subject to hydrolysis) is 1. The van der Waals surface area contributed by atoms with Gasteiger partial charge in [0.15, 0.2) is 6.29 Å². The Labute approximate surface area is 295 Å². The Morgan fingerprint density at radius 2 is 1.58 bits per heavy atom. The SMILES string of the molecule is O=C(NC1CC(=O)N(Cc2ccccc2-c2ccc([C@@H]3O[C@H](CSCCO)C[C@H](c4ccc(CO)cc4)O3)cc2)C1=O)OCc1ccccc1. The van der Waals surface area contributed by atoms with Crippen molar-refractivity contribution in [3.05, 3.63) is 131 Å². The van der Waals surface area contributed by atoms with E-state index in [1.165, 1.54) is 4.90 Å². The van der Waals surface area contributed by atoms with Gasteiger partial charge in [0.2, 0.25) is 5.91 Å². The van der Waals surface area contributed by atoms with Gasteiger partial charge in [0, 0.05) is 23.5 Å². The third-order valence-electron chi connectivity index (χ3n) is 8.74. The Bertz CT molecular complexity index is 1750. The molecule has 4 atom stereocenters. The lowest BCUT2D eigenvalue weighted by Crippen LogP contribution is -2.41. The third kappa shape index (κ3) is 8.79. The molecule has 10 nitrogen and oxygen atoms in total. The second-order valence-corrected chi connectivity index (χ2v) is 13.4. The molecule has 4 aromatic rings. The van der Waals surface area contributed by atoms with Crippen molar-refractivity contribution < 1.29 is 38.8 Å². The smallest absolute Gasteiger partial charge is 0.408 e. The maximum absolute atomic E-state index is 13.3. The number of imide groups is 1. The van der Waals surface area contributed by atoms with Gasteiger partial charge in [0.25, 0.3) is 5.91 Å². The average molecular weight is 697 g/mol. The fourth-order valence-electron chi connectivity index (χ4n) is 6.10. The van der Waals surface area contributed by atoms with Crippen molar-refractivity contribution in [3.8, 4) is 11.1 Å². The quantitative estimate of drug-likeness (QED) is 0.119. The minimum absolute atomic E-state index is 0.0260. The van der Waals surface area contributed by atoms with Crippen molar-refractivity contribution in [1.82, 2.24) is 10.2 Å². The lowest BCUT2D eigenvalue weighted by molar-refractivity contribution is -0.245. The Kier molecular flexibility index (Phi) is 12.0. The molecule has 0 aromatic heterocycles. The molecule has 260 valence electrons. The number of carbonyl (C=O) groups is 3. The molecule has 2 saturated heterocycles. The highest BCUT2D eigenvalue weighted by atomic mass is 32.2. The highest BCUT2D eigenvalue weighted by molar-refractivity contribution is 7.99. The summed E-state index contributed by atoms with van der Waals surface area (Å²) < 4.78 is 18.1. The second-order valence-electron chi connectivity index (χ2n) is 12.2. The van der Waals surface area contributed by atoms with Crippen LogP contribution in [0.2, 0.25) is 0 Å². The number of hydrogen-bond acceptors (Lipinski definition) is 9. The largest absolute Gasteiger partial charge is 0.445 e. The summed E-state index contributed by atoms with van der Waals surface area (Å²) in [6, 6.07) is 31.4. The van der Waals surface area contributed by atoms with E-state index in [0.717, 1.165) is 44.7 Å². The van der Waals surface area contributed by atoms with Crippen LogP contribution in [0.1, 0.15) is 53.1 Å². The van der Waals surface area contributed by atoms with Gasteiger partial charge in [-0.05, 0) is 33.4 Å². The van der Waals surface area contributed by atoms with E-state index in [9.17, 15) is 24.6 Å². The number of hydrogen-bond donors (Lipinski definition) is 3. The molecule has 0 aliphatic carbocycles. The Morgan fingerprint density at radius 1 is 0.860 bits per heavy atom. The first-order chi connectivity index (χ1) is 24.4. The summed E-state index contributed by atoms with van der Waals surface area (Å²) in [6.07, 6.45) is -1.14. The summed E-state index contributed by atoms with van der Waals surface area (Å²) in [5.41, 5.74) is 6.04. The van der Waals surface area contributed by atoms with Crippen LogP contribution >= 0.6 is 11.8 Å². The van der Waals surface area contributed by atoms with E-state index in [1.807, 2.05) is 103 Å². The van der Waals surface area contributed by atoms with E-state index in [4.69, 9.17) is 14.2 Å². The number of nitrogens with one attached hydrogen (secondary N) is 1.